The lowest BCUT2D eigenvalue weighted by Crippen LogP contribution is -2.24. The fraction of sp³-hybridized carbons (Fsp3) is 0.167. The Morgan fingerprint density at radius 2 is 1.88 bits per heavy atom. The van der Waals surface area contributed by atoms with E-state index in [4.69, 9.17) is 0 Å². The van der Waals surface area contributed by atoms with Gasteiger partial charge in [0, 0.05) is 28.1 Å². The number of thioether (sulfide) groups is 1. The van der Waals surface area contributed by atoms with Crippen LogP contribution in [0, 0.1) is 19.7 Å². The van der Waals surface area contributed by atoms with E-state index in [2.05, 4.69) is 27.5 Å². The van der Waals surface area contributed by atoms with E-state index in [9.17, 15) is 14.0 Å². The molecule has 6 nitrogen and oxygen atoms in total. The molecule has 2 aromatic heterocycles. The summed E-state index contributed by atoms with van der Waals surface area (Å²) in [4.78, 5) is 35.6. The third-order valence-electron chi connectivity index (χ3n) is 5.05. The molecule has 0 atom stereocenters. The zero-order valence-corrected chi connectivity index (χ0v) is 19.6. The Hall–Kier alpha value is -3.30. The summed E-state index contributed by atoms with van der Waals surface area (Å²) >= 11 is 3.02. The maximum atomic E-state index is 13.0. The van der Waals surface area contributed by atoms with Crippen LogP contribution in [0.4, 0.5) is 10.1 Å². The number of hydrogen-bond donors (Lipinski definition) is 2. The topological polar surface area (TPSA) is 84.0 Å². The average Bonchev–Trinajstić information content (AvgIpc) is 3.11. The number of carbonyl (C=O) groups excluding carboxylic acids is 2. The normalized spacial score (nSPS) is 10.9. The molecule has 0 saturated heterocycles. The van der Waals surface area contributed by atoms with Crippen LogP contribution in [0.25, 0.3) is 10.2 Å². The second-order valence-corrected chi connectivity index (χ2v) is 9.54. The largest absolute Gasteiger partial charge is 0.351 e. The predicted octanol–water partition coefficient (Wildman–Crippen LogP) is 5.11. The molecule has 0 aliphatic heterocycles. The first kappa shape index (κ1) is 22.9. The van der Waals surface area contributed by atoms with Gasteiger partial charge in [0.2, 0.25) is 5.91 Å². The molecule has 2 N–H and O–H groups in total. The van der Waals surface area contributed by atoms with Crippen LogP contribution in [0.2, 0.25) is 0 Å². The summed E-state index contributed by atoms with van der Waals surface area (Å²) < 4.78 is 13.0. The van der Waals surface area contributed by atoms with Gasteiger partial charge < -0.3 is 10.6 Å². The fourth-order valence-corrected chi connectivity index (χ4v) is 5.16. The lowest BCUT2D eigenvalue weighted by Gasteiger charge is -2.09. The van der Waals surface area contributed by atoms with Crippen molar-refractivity contribution in [1.29, 1.82) is 0 Å². The molecule has 4 rings (SSSR count). The lowest BCUT2D eigenvalue weighted by atomic mass is 10.1. The number of aryl methyl sites for hydroxylation is 2. The highest BCUT2D eigenvalue weighted by Crippen LogP contribution is 2.34. The molecule has 2 aromatic carbocycles. The van der Waals surface area contributed by atoms with Crippen molar-refractivity contribution >= 4 is 50.8 Å². The van der Waals surface area contributed by atoms with Gasteiger partial charge in [0.15, 0.2) is 0 Å². The number of thiophene rings is 1. The zero-order valence-electron chi connectivity index (χ0n) is 18.0. The smallest absolute Gasteiger partial charge is 0.255 e. The van der Waals surface area contributed by atoms with E-state index in [1.807, 2.05) is 13.0 Å². The molecule has 0 spiro atoms. The zero-order chi connectivity index (χ0) is 23.4. The van der Waals surface area contributed by atoms with E-state index >= 15 is 0 Å². The maximum absolute atomic E-state index is 13.0. The van der Waals surface area contributed by atoms with E-state index < -0.39 is 5.82 Å². The van der Waals surface area contributed by atoms with Crippen molar-refractivity contribution in [2.75, 3.05) is 11.1 Å². The van der Waals surface area contributed by atoms with Crippen molar-refractivity contribution in [3.63, 3.8) is 0 Å². The molecule has 0 bridgehead atoms. The van der Waals surface area contributed by atoms with Crippen LogP contribution in [0.15, 0.2) is 59.9 Å². The molecule has 0 unspecified atom stereocenters. The van der Waals surface area contributed by atoms with Crippen LogP contribution in [0.3, 0.4) is 0 Å². The highest BCUT2D eigenvalue weighted by molar-refractivity contribution is 8.00. The molecule has 33 heavy (non-hydrogen) atoms. The number of hydrogen-bond acceptors (Lipinski definition) is 6. The Labute approximate surface area is 198 Å². The minimum absolute atomic E-state index is 0.114. The number of rotatable bonds is 7. The molecular formula is C24H21FN4O2S2. The average molecular weight is 481 g/mol. The van der Waals surface area contributed by atoms with Crippen molar-refractivity contribution in [1.82, 2.24) is 15.3 Å². The van der Waals surface area contributed by atoms with Crippen molar-refractivity contribution in [2.45, 2.75) is 25.4 Å². The number of benzene rings is 2. The van der Waals surface area contributed by atoms with E-state index in [1.54, 1.807) is 29.5 Å². The van der Waals surface area contributed by atoms with Crippen LogP contribution in [-0.4, -0.2) is 27.5 Å². The summed E-state index contributed by atoms with van der Waals surface area (Å²) in [6.45, 7) is 4.43. The van der Waals surface area contributed by atoms with Crippen molar-refractivity contribution in [3.05, 3.63) is 82.2 Å². The number of carbonyl (C=O) groups is 2. The van der Waals surface area contributed by atoms with Gasteiger partial charge in [0.25, 0.3) is 5.91 Å². The summed E-state index contributed by atoms with van der Waals surface area (Å²) in [5, 5.41) is 7.51. The Morgan fingerprint density at radius 3 is 2.67 bits per heavy atom. The molecule has 2 amide bonds. The number of aromatic nitrogens is 2. The van der Waals surface area contributed by atoms with Crippen LogP contribution in [-0.2, 0) is 11.3 Å². The van der Waals surface area contributed by atoms with Crippen LogP contribution >= 0.6 is 23.1 Å². The molecular weight excluding hydrogens is 459 g/mol. The highest BCUT2D eigenvalue weighted by Gasteiger charge is 2.14. The quantitative estimate of drug-likeness (QED) is 0.284. The Bertz CT molecular complexity index is 1320. The van der Waals surface area contributed by atoms with Gasteiger partial charge in [0.05, 0.1) is 5.75 Å². The maximum Gasteiger partial charge on any atom is 0.255 e. The standard InChI is InChI=1S/C24H21FN4O2S2/c1-14-15(2)33-24-21(14)23(27-13-28-24)32-12-20(30)26-11-16-4-3-5-19(10-16)29-22(31)17-6-8-18(25)9-7-17/h3-10,13H,11-12H2,1-2H3,(H,26,30)(H,29,31). The third kappa shape index (κ3) is 5.55. The van der Waals surface area contributed by atoms with Gasteiger partial charge in [-0.1, -0.05) is 23.9 Å². The van der Waals surface area contributed by atoms with Crippen molar-refractivity contribution < 1.29 is 14.0 Å². The summed E-state index contributed by atoms with van der Waals surface area (Å²) in [6, 6.07) is 12.6. The summed E-state index contributed by atoms with van der Waals surface area (Å²) in [5.74, 6) is -0.603. The van der Waals surface area contributed by atoms with Crippen molar-refractivity contribution in [3.8, 4) is 0 Å². The number of halogens is 1. The number of nitrogens with one attached hydrogen (secondary N) is 2. The Morgan fingerprint density at radius 1 is 1.09 bits per heavy atom. The number of anilines is 1. The second kappa shape index (κ2) is 10.1. The van der Waals surface area contributed by atoms with E-state index in [1.165, 1.54) is 47.2 Å². The monoisotopic (exact) mass is 480 g/mol. The van der Waals surface area contributed by atoms with Gasteiger partial charge in [-0.25, -0.2) is 14.4 Å². The van der Waals surface area contributed by atoms with E-state index in [-0.39, 0.29) is 17.6 Å². The Kier molecular flexibility index (Phi) is 7.00. The van der Waals surface area contributed by atoms with Gasteiger partial charge in [0.1, 0.15) is 22.0 Å². The summed E-state index contributed by atoms with van der Waals surface area (Å²) in [7, 11) is 0. The molecule has 2 heterocycles. The second-order valence-electron chi connectivity index (χ2n) is 7.37. The first-order valence-electron chi connectivity index (χ1n) is 10.2. The van der Waals surface area contributed by atoms with Gasteiger partial charge in [-0.2, -0.15) is 0 Å². The molecule has 0 aliphatic carbocycles. The molecule has 168 valence electrons. The number of nitrogens with zero attached hydrogens (tertiary/aromatic N) is 2. The number of fused-ring (bicyclic) bond motifs is 1. The fourth-order valence-electron chi connectivity index (χ4n) is 3.21. The van der Waals surface area contributed by atoms with Crippen LogP contribution in [0.1, 0.15) is 26.4 Å². The minimum Gasteiger partial charge on any atom is -0.351 e. The van der Waals surface area contributed by atoms with E-state index in [0.29, 0.717) is 17.8 Å². The highest BCUT2D eigenvalue weighted by atomic mass is 32.2. The minimum atomic E-state index is -0.396. The SMILES string of the molecule is Cc1sc2ncnc(SCC(=O)NCc3cccc(NC(=O)c4ccc(F)cc4)c3)c2c1C. The van der Waals surface area contributed by atoms with Gasteiger partial charge in [-0.05, 0) is 61.4 Å². The molecule has 0 fully saturated rings. The first-order valence-corrected chi connectivity index (χ1v) is 12.0. The molecule has 4 aromatic rings. The van der Waals surface area contributed by atoms with E-state index in [0.717, 1.165) is 26.4 Å². The number of amides is 2. The van der Waals surface area contributed by atoms with Crippen LogP contribution < -0.4 is 10.6 Å². The summed E-state index contributed by atoms with van der Waals surface area (Å²) in [6.07, 6.45) is 1.53. The molecule has 0 radical (unpaired) electrons. The molecule has 0 aliphatic rings. The first-order chi connectivity index (χ1) is 15.9. The predicted molar refractivity (Wildman–Crippen MR) is 130 cm³/mol. The van der Waals surface area contributed by atoms with Gasteiger partial charge in [-0.15, -0.1) is 11.3 Å². The van der Waals surface area contributed by atoms with Gasteiger partial charge in [-0.3, -0.25) is 9.59 Å². The van der Waals surface area contributed by atoms with Crippen molar-refractivity contribution in [2.24, 2.45) is 0 Å². The third-order valence-corrected chi connectivity index (χ3v) is 7.16. The van der Waals surface area contributed by atoms with Gasteiger partial charge >= 0.3 is 0 Å². The Balaban J connectivity index is 1.33. The molecule has 0 saturated carbocycles. The van der Waals surface area contributed by atoms with Crippen LogP contribution in [0.5, 0.6) is 0 Å². The summed E-state index contributed by atoms with van der Waals surface area (Å²) in [5.41, 5.74) is 2.95. The molecule has 9 heteroatoms. The lowest BCUT2D eigenvalue weighted by molar-refractivity contribution is -0.118.